The van der Waals surface area contributed by atoms with Gasteiger partial charge in [-0.05, 0) is 60.2 Å². The standard InChI is InChI=1S/C24H17Cl2N3O4S/c25-18-7-11-20(12-8-18)34(32,33)28(15-17-3-1-2-4-21(17)26)22-13-23(30)29(24(22)31)19-9-5-16(14-27)6-10-19/h1-12,22H,13,15H2. The maximum absolute atomic E-state index is 13.6. The molecule has 0 aliphatic carbocycles. The van der Waals surface area contributed by atoms with E-state index in [0.29, 0.717) is 21.2 Å². The first-order valence-electron chi connectivity index (χ1n) is 10.1. The number of carbonyl (C=O) groups is 2. The van der Waals surface area contributed by atoms with Gasteiger partial charge in [0.15, 0.2) is 0 Å². The van der Waals surface area contributed by atoms with Gasteiger partial charge in [-0.15, -0.1) is 0 Å². The molecule has 1 unspecified atom stereocenters. The van der Waals surface area contributed by atoms with Crippen molar-refractivity contribution in [1.82, 2.24) is 4.31 Å². The van der Waals surface area contributed by atoms with Crippen LogP contribution in [0.4, 0.5) is 5.69 Å². The Morgan fingerprint density at radius 3 is 2.24 bits per heavy atom. The Labute approximate surface area is 206 Å². The van der Waals surface area contributed by atoms with Crippen LogP contribution in [0, 0.1) is 11.3 Å². The Bertz CT molecular complexity index is 1400. The van der Waals surface area contributed by atoms with Crippen LogP contribution in [0.3, 0.4) is 0 Å². The summed E-state index contributed by atoms with van der Waals surface area (Å²) in [6.45, 7) is -0.213. The van der Waals surface area contributed by atoms with Crippen LogP contribution in [0.1, 0.15) is 17.5 Å². The number of sulfonamides is 1. The molecule has 1 fully saturated rings. The minimum atomic E-state index is -4.22. The highest BCUT2D eigenvalue weighted by atomic mass is 35.5. The zero-order chi connectivity index (χ0) is 24.5. The molecule has 7 nitrogen and oxygen atoms in total. The van der Waals surface area contributed by atoms with Gasteiger partial charge < -0.3 is 0 Å². The molecule has 2 amide bonds. The monoisotopic (exact) mass is 513 g/mol. The summed E-state index contributed by atoms with van der Waals surface area (Å²) in [6.07, 6.45) is -0.337. The van der Waals surface area contributed by atoms with E-state index in [1.54, 1.807) is 24.3 Å². The summed E-state index contributed by atoms with van der Waals surface area (Å²) >= 11 is 12.2. The van der Waals surface area contributed by atoms with E-state index in [9.17, 15) is 18.0 Å². The Hall–Kier alpha value is -3.22. The van der Waals surface area contributed by atoms with Gasteiger partial charge in [0.1, 0.15) is 6.04 Å². The third kappa shape index (κ3) is 4.56. The number of imide groups is 1. The number of benzene rings is 3. The number of amides is 2. The molecule has 1 heterocycles. The summed E-state index contributed by atoms with van der Waals surface area (Å²) < 4.78 is 28.3. The summed E-state index contributed by atoms with van der Waals surface area (Å²) in [7, 11) is -4.22. The van der Waals surface area contributed by atoms with Gasteiger partial charge in [0.05, 0.1) is 28.6 Å². The number of nitrogens with zero attached hydrogens (tertiary/aromatic N) is 3. The minimum Gasteiger partial charge on any atom is -0.274 e. The third-order valence-electron chi connectivity index (χ3n) is 5.43. The van der Waals surface area contributed by atoms with Crippen molar-refractivity contribution in [3.05, 3.63) is 94.0 Å². The van der Waals surface area contributed by atoms with E-state index in [0.717, 1.165) is 9.21 Å². The van der Waals surface area contributed by atoms with Crippen LogP contribution in [-0.2, 0) is 26.2 Å². The van der Waals surface area contributed by atoms with Gasteiger partial charge in [-0.2, -0.15) is 9.57 Å². The Morgan fingerprint density at radius 1 is 0.971 bits per heavy atom. The SMILES string of the molecule is N#Cc1ccc(N2C(=O)CC(N(Cc3ccccc3Cl)S(=O)(=O)c3ccc(Cl)cc3)C2=O)cc1. The molecule has 1 aliphatic heterocycles. The first-order valence-corrected chi connectivity index (χ1v) is 12.3. The predicted octanol–water partition coefficient (Wildman–Crippen LogP) is 4.39. The largest absolute Gasteiger partial charge is 0.274 e. The zero-order valence-corrected chi connectivity index (χ0v) is 19.9. The number of nitriles is 1. The zero-order valence-electron chi connectivity index (χ0n) is 17.6. The van der Waals surface area contributed by atoms with Crippen LogP contribution in [0.2, 0.25) is 10.0 Å². The molecule has 0 N–H and O–H groups in total. The number of hydrogen-bond acceptors (Lipinski definition) is 5. The van der Waals surface area contributed by atoms with Crippen LogP contribution in [-0.4, -0.2) is 30.6 Å². The summed E-state index contributed by atoms with van der Waals surface area (Å²) in [5.74, 6) is -1.23. The second kappa shape index (κ2) is 9.57. The molecule has 3 aromatic carbocycles. The normalized spacial score (nSPS) is 16.2. The number of hydrogen-bond donors (Lipinski definition) is 0. The Morgan fingerprint density at radius 2 is 1.62 bits per heavy atom. The van der Waals surface area contributed by atoms with E-state index in [4.69, 9.17) is 28.5 Å². The first-order chi connectivity index (χ1) is 16.2. The van der Waals surface area contributed by atoms with Gasteiger partial charge in [0.2, 0.25) is 15.9 Å². The molecule has 0 aromatic heterocycles. The predicted molar refractivity (Wildman–Crippen MR) is 128 cm³/mol. The molecule has 1 aliphatic rings. The maximum Gasteiger partial charge on any atom is 0.252 e. The van der Waals surface area contributed by atoms with Crippen LogP contribution in [0.15, 0.2) is 77.7 Å². The summed E-state index contributed by atoms with van der Waals surface area (Å²) in [5.41, 5.74) is 1.11. The van der Waals surface area contributed by atoms with Gasteiger partial charge in [0.25, 0.3) is 5.91 Å². The fourth-order valence-electron chi connectivity index (χ4n) is 3.70. The van der Waals surface area contributed by atoms with E-state index in [1.807, 2.05) is 6.07 Å². The number of halogens is 2. The number of rotatable bonds is 6. The lowest BCUT2D eigenvalue weighted by atomic mass is 10.2. The summed E-state index contributed by atoms with van der Waals surface area (Å²) in [4.78, 5) is 27.1. The fourth-order valence-corrected chi connectivity index (χ4v) is 5.58. The quantitative estimate of drug-likeness (QED) is 0.455. The number of carbonyl (C=O) groups excluding carboxylic acids is 2. The molecular weight excluding hydrogens is 497 g/mol. The molecule has 3 aromatic rings. The molecule has 1 saturated heterocycles. The molecule has 10 heteroatoms. The molecule has 172 valence electrons. The van der Waals surface area contributed by atoms with Crippen LogP contribution in [0.25, 0.3) is 0 Å². The van der Waals surface area contributed by atoms with Gasteiger partial charge in [-0.25, -0.2) is 13.3 Å². The van der Waals surface area contributed by atoms with E-state index >= 15 is 0 Å². The van der Waals surface area contributed by atoms with Crippen LogP contribution < -0.4 is 4.90 Å². The summed E-state index contributed by atoms with van der Waals surface area (Å²) in [6, 6.07) is 18.9. The van der Waals surface area contributed by atoms with E-state index in [1.165, 1.54) is 48.5 Å². The topological polar surface area (TPSA) is 98.5 Å². The van der Waals surface area contributed by atoms with Gasteiger partial charge >= 0.3 is 0 Å². The Kier molecular flexibility index (Phi) is 6.73. The lowest BCUT2D eigenvalue weighted by Crippen LogP contribution is -2.45. The highest BCUT2D eigenvalue weighted by Crippen LogP contribution is 2.32. The molecule has 0 bridgehead atoms. The van der Waals surface area contributed by atoms with Crippen molar-refractivity contribution in [1.29, 1.82) is 5.26 Å². The fraction of sp³-hybridized carbons (Fsp3) is 0.125. The first kappa shape index (κ1) is 23.9. The molecule has 4 rings (SSSR count). The minimum absolute atomic E-state index is 0.0685. The second-order valence-corrected chi connectivity index (χ2v) is 10.3. The average molecular weight is 514 g/mol. The third-order valence-corrected chi connectivity index (χ3v) is 7.92. The Balaban J connectivity index is 1.76. The second-order valence-electron chi connectivity index (χ2n) is 7.54. The maximum atomic E-state index is 13.6. The van der Waals surface area contributed by atoms with Crippen molar-refractivity contribution in [3.63, 3.8) is 0 Å². The van der Waals surface area contributed by atoms with E-state index < -0.39 is 27.9 Å². The highest BCUT2D eigenvalue weighted by Gasteiger charge is 2.47. The lowest BCUT2D eigenvalue weighted by molar-refractivity contribution is -0.122. The molecule has 1 atom stereocenters. The van der Waals surface area contributed by atoms with E-state index in [-0.39, 0.29) is 23.5 Å². The lowest BCUT2D eigenvalue weighted by Gasteiger charge is -2.27. The van der Waals surface area contributed by atoms with E-state index in [2.05, 4.69) is 0 Å². The summed E-state index contributed by atoms with van der Waals surface area (Å²) in [5, 5.41) is 9.69. The van der Waals surface area contributed by atoms with Crippen molar-refractivity contribution < 1.29 is 18.0 Å². The highest BCUT2D eigenvalue weighted by molar-refractivity contribution is 7.89. The van der Waals surface area contributed by atoms with Crippen molar-refractivity contribution in [3.8, 4) is 6.07 Å². The average Bonchev–Trinajstić information content (AvgIpc) is 3.12. The van der Waals surface area contributed by atoms with Gasteiger partial charge in [-0.3, -0.25) is 9.59 Å². The van der Waals surface area contributed by atoms with Crippen molar-refractivity contribution in [2.24, 2.45) is 0 Å². The molecule has 0 saturated carbocycles. The van der Waals surface area contributed by atoms with Crippen LogP contribution >= 0.6 is 23.2 Å². The van der Waals surface area contributed by atoms with Gasteiger partial charge in [-0.1, -0.05) is 41.4 Å². The molecule has 0 spiro atoms. The van der Waals surface area contributed by atoms with Crippen LogP contribution in [0.5, 0.6) is 0 Å². The smallest absolute Gasteiger partial charge is 0.252 e. The molecular formula is C24H17Cl2N3O4S. The number of anilines is 1. The molecule has 0 radical (unpaired) electrons. The van der Waals surface area contributed by atoms with Gasteiger partial charge in [0, 0.05) is 16.6 Å². The van der Waals surface area contributed by atoms with Crippen molar-refractivity contribution in [2.45, 2.75) is 23.9 Å². The van der Waals surface area contributed by atoms with Crippen molar-refractivity contribution >= 4 is 50.7 Å². The molecule has 34 heavy (non-hydrogen) atoms. The van der Waals surface area contributed by atoms with Crippen molar-refractivity contribution in [2.75, 3.05) is 4.90 Å².